The zero-order valence-electron chi connectivity index (χ0n) is 24.3. The molecule has 14 heteroatoms. The topological polar surface area (TPSA) is 101 Å². The summed E-state index contributed by atoms with van der Waals surface area (Å²) >= 11 is 6.36. The summed E-state index contributed by atoms with van der Waals surface area (Å²) < 4.78 is 49.9. The fourth-order valence-corrected chi connectivity index (χ4v) is 5.26. The average Bonchev–Trinajstić information content (AvgIpc) is 3.40. The number of alkyl halides is 3. The van der Waals surface area contributed by atoms with E-state index in [0.717, 1.165) is 19.2 Å². The number of amides is 1. The summed E-state index contributed by atoms with van der Waals surface area (Å²) in [5, 5.41) is 7.44. The summed E-state index contributed by atoms with van der Waals surface area (Å²) in [4.78, 5) is 30.6. The number of likely N-dealkylation sites (N-methyl/N-ethyl adjacent to an activating group) is 1. The van der Waals surface area contributed by atoms with Gasteiger partial charge in [0.15, 0.2) is 11.5 Å². The number of ether oxygens (including phenoxy) is 1. The van der Waals surface area contributed by atoms with E-state index in [2.05, 4.69) is 30.3 Å². The van der Waals surface area contributed by atoms with Crippen LogP contribution in [0.2, 0.25) is 5.02 Å². The minimum absolute atomic E-state index is 0.00768. The van der Waals surface area contributed by atoms with E-state index in [1.54, 1.807) is 48.5 Å². The molecule has 1 aliphatic heterocycles. The highest BCUT2D eigenvalue weighted by Crippen LogP contribution is 2.36. The largest absolute Gasteiger partial charge is 0.438 e. The molecule has 0 radical (unpaired) electrons. The molecule has 10 nitrogen and oxygen atoms in total. The summed E-state index contributed by atoms with van der Waals surface area (Å²) in [7, 11) is 3.72. The highest BCUT2D eigenvalue weighted by molar-refractivity contribution is 6.34. The number of benzene rings is 2. The lowest BCUT2D eigenvalue weighted by Gasteiger charge is -2.33. The van der Waals surface area contributed by atoms with Crippen molar-refractivity contribution in [1.29, 1.82) is 0 Å². The first kappa shape index (κ1) is 30.4. The number of fused-ring (bicyclic) bond motifs is 1. The Kier molecular flexibility index (Phi) is 8.40. The number of carbonyl (C=O) groups excluding carboxylic acids is 1. The lowest BCUT2D eigenvalue weighted by Crippen LogP contribution is -2.44. The van der Waals surface area contributed by atoms with E-state index in [-0.39, 0.29) is 40.0 Å². The van der Waals surface area contributed by atoms with Crippen LogP contribution in [-0.4, -0.2) is 73.7 Å². The van der Waals surface area contributed by atoms with Crippen LogP contribution in [0, 0.1) is 0 Å². The van der Waals surface area contributed by atoms with Crippen LogP contribution in [-0.2, 0) is 19.8 Å². The van der Waals surface area contributed by atoms with Crippen molar-refractivity contribution in [2.24, 2.45) is 7.05 Å². The molecular formula is C31H28ClF3N8O2. The molecule has 0 aliphatic carbocycles. The van der Waals surface area contributed by atoms with Crippen LogP contribution in [0.4, 0.5) is 18.9 Å². The Bertz CT molecular complexity index is 1860. The van der Waals surface area contributed by atoms with Gasteiger partial charge in [0, 0.05) is 63.4 Å². The zero-order valence-corrected chi connectivity index (χ0v) is 25.1. The van der Waals surface area contributed by atoms with Gasteiger partial charge in [-0.3, -0.25) is 19.4 Å². The molecule has 4 heterocycles. The predicted molar refractivity (Wildman–Crippen MR) is 163 cm³/mol. The number of anilines is 1. The first-order valence-electron chi connectivity index (χ1n) is 14.0. The molecular weight excluding hydrogens is 609 g/mol. The maximum atomic E-state index is 14.1. The van der Waals surface area contributed by atoms with E-state index in [4.69, 9.17) is 16.3 Å². The Labute approximate surface area is 261 Å². The maximum Gasteiger partial charge on any atom is 0.416 e. The first-order chi connectivity index (χ1) is 21.5. The summed E-state index contributed by atoms with van der Waals surface area (Å²) in [6.07, 6.45) is 0.208. The van der Waals surface area contributed by atoms with Crippen molar-refractivity contribution in [2.75, 3.05) is 38.5 Å². The number of nitrogens with one attached hydrogen (secondary N) is 1. The number of hydrogen-bond acceptors (Lipinski definition) is 8. The number of nitrogens with zero attached hydrogens (tertiary/aromatic N) is 7. The Hall–Kier alpha value is -4.59. The van der Waals surface area contributed by atoms with Crippen LogP contribution >= 0.6 is 11.6 Å². The molecule has 2 aromatic carbocycles. The maximum absolute atomic E-state index is 14.1. The number of carbonyl (C=O) groups is 1. The second-order valence-electron chi connectivity index (χ2n) is 10.7. The van der Waals surface area contributed by atoms with Crippen LogP contribution < -0.4 is 10.1 Å². The number of aryl methyl sites for hydroxylation is 1. The molecule has 3 aromatic heterocycles. The Morgan fingerprint density at radius 2 is 1.76 bits per heavy atom. The molecule has 0 spiro atoms. The fourth-order valence-electron chi connectivity index (χ4n) is 5.06. The molecule has 1 saturated heterocycles. The molecule has 0 unspecified atom stereocenters. The van der Waals surface area contributed by atoms with E-state index in [0.29, 0.717) is 35.5 Å². The third-order valence-corrected chi connectivity index (χ3v) is 7.89. The predicted octanol–water partition coefficient (Wildman–Crippen LogP) is 5.89. The highest BCUT2D eigenvalue weighted by Gasteiger charge is 2.34. The van der Waals surface area contributed by atoms with Gasteiger partial charge in [-0.1, -0.05) is 17.7 Å². The summed E-state index contributed by atoms with van der Waals surface area (Å²) in [5.41, 5.74) is 0.590. The molecule has 6 rings (SSSR count). The second-order valence-corrected chi connectivity index (χ2v) is 11.1. The fraction of sp³-hybridized carbons (Fsp3) is 0.258. The lowest BCUT2D eigenvalue weighted by molar-refractivity contribution is -0.138. The second kappa shape index (κ2) is 12.4. The lowest BCUT2D eigenvalue weighted by atomic mass is 10.0. The van der Waals surface area contributed by atoms with Crippen LogP contribution in [0.3, 0.4) is 0 Å². The van der Waals surface area contributed by atoms with Crippen molar-refractivity contribution in [3.8, 4) is 23.0 Å². The first-order valence-corrected chi connectivity index (χ1v) is 14.4. The number of rotatable bonds is 7. The van der Waals surface area contributed by atoms with Crippen molar-refractivity contribution in [1.82, 2.24) is 34.5 Å². The summed E-state index contributed by atoms with van der Waals surface area (Å²) in [6, 6.07) is 11.8. The average molecular weight is 637 g/mol. The van der Waals surface area contributed by atoms with Gasteiger partial charge in [-0.2, -0.15) is 23.3 Å². The van der Waals surface area contributed by atoms with E-state index < -0.39 is 17.6 Å². The van der Waals surface area contributed by atoms with Gasteiger partial charge >= 0.3 is 6.18 Å². The molecule has 232 valence electrons. The van der Waals surface area contributed by atoms with Crippen LogP contribution in [0.15, 0.2) is 67.1 Å². The van der Waals surface area contributed by atoms with Crippen molar-refractivity contribution in [2.45, 2.75) is 12.7 Å². The van der Waals surface area contributed by atoms with Crippen molar-refractivity contribution < 1.29 is 22.7 Å². The number of pyridine rings is 1. The minimum Gasteiger partial charge on any atom is -0.438 e. The molecule has 5 aromatic rings. The molecule has 1 N–H and O–H groups in total. The molecule has 0 saturated carbocycles. The van der Waals surface area contributed by atoms with Gasteiger partial charge in [0.1, 0.15) is 11.1 Å². The number of hydrogen-bond donors (Lipinski definition) is 1. The van der Waals surface area contributed by atoms with Gasteiger partial charge in [0.2, 0.25) is 5.88 Å². The number of piperazine rings is 1. The van der Waals surface area contributed by atoms with Crippen molar-refractivity contribution in [3.05, 3.63) is 88.8 Å². The van der Waals surface area contributed by atoms with Crippen molar-refractivity contribution >= 4 is 34.2 Å². The molecule has 1 aliphatic rings. The number of aromatic nitrogens is 5. The van der Waals surface area contributed by atoms with Gasteiger partial charge in [0.25, 0.3) is 5.91 Å². The van der Waals surface area contributed by atoms with Crippen LogP contribution in [0.1, 0.15) is 21.5 Å². The number of halogens is 4. The van der Waals surface area contributed by atoms with Gasteiger partial charge in [-0.15, -0.1) is 0 Å². The highest BCUT2D eigenvalue weighted by atomic mass is 35.5. The third kappa shape index (κ3) is 6.75. The molecule has 1 fully saturated rings. The molecule has 0 atom stereocenters. The van der Waals surface area contributed by atoms with Gasteiger partial charge in [-0.05, 0) is 55.1 Å². The monoisotopic (exact) mass is 636 g/mol. The Balaban J connectivity index is 1.25. The van der Waals surface area contributed by atoms with E-state index in [9.17, 15) is 18.0 Å². The Morgan fingerprint density at radius 1 is 1.00 bits per heavy atom. The summed E-state index contributed by atoms with van der Waals surface area (Å²) in [6.45, 7) is 3.09. The standard InChI is InChI=1S/C31H28ClF3N8O2/c1-41-11-13-43(14-12-41)18-20-3-4-21(15-25(20)31(33,34)35)38-29(44)23-16-22(5-6-26(23)32)45-30-24-17-37-42(2)28(24)39-27(40-30)19-7-9-36-10-8-19/h3-10,15-17H,11-14,18H2,1-2H3,(H,38,44). The molecule has 1 amide bonds. The SMILES string of the molecule is CN1CCN(Cc2ccc(NC(=O)c3cc(Oc4nc(-c5ccncc5)nc5c4cnn5C)ccc3Cl)cc2C(F)(F)F)CC1. The quantitative estimate of drug-likeness (QED) is 0.236. The van der Waals surface area contributed by atoms with E-state index in [1.165, 1.54) is 24.3 Å². The van der Waals surface area contributed by atoms with Crippen molar-refractivity contribution in [3.63, 3.8) is 0 Å². The van der Waals surface area contributed by atoms with Gasteiger partial charge in [0.05, 0.1) is 22.3 Å². The zero-order chi connectivity index (χ0) is 31.7. The van der Waals surface area contributed by atoms with E-state index in [1.807, 2.05) is 11.9 Å². The normalized spacial score (nSPS) is 14.5. The van der Waals surface area contributed by atoms with Crippen LogP contribution in [0.5, 0.6) is 11.6 Å². The summed E-state index contributed by atoms with van der Waals surface area (Å²) in [5.74, 6) is 0.107. The molecule has 0 bridgehead atoms. The molecule has 45 heavy (non-hydrogen) atoms. The van der Waals surface area contributed by atoms with Crippen LogP contribution in [0.25, 0.3) is 22.4 Å². The van der Waals surface area contributed by atoms with Gasteiger partial charge < -0.3 is 15.0 Å². The van der Waals surface area contributed by atoms with Gasteiger partial charge in [-0.25, -0.2) is 4.98 Å². The Morgan fingerprint density at radius 3 is 2.49 bits per heavy atom. The van der Waals surface area contributed by atoms with E-state index >= 15 is 0 Å². The third-order valence-electron chi connectivity index (χ3n) is 7.56. The smallest absolute Gasteiger partial charge is 0.416 e. The minimum atomic E-state index is -4.60.